The van der Waals surface area contributed by atoms with E-state index in [-0.39, 0.29) is 17.1 Å². The first-order chi connectivity index (χ1) is 15.1. The molecule has 1 aromatic heterocycles. The second kappa shape index (κ2) is 7.71. The van der Waals surface area contributed by atoms with Crippen LogP contribution in [-0.4, -0.2) is 10.8 Å². The van der Waals surface area contributed by atoms with Gasteiger partial charge in [0.15, 0.2) is 5.43 Å². The quantitative estimate of drug-likeness (QED) is 0.414. The van der Waals surface area contributed by atoms with Crippen molar-refractivity contribution in [3.63, 3.8) is 0 Å². The number of rotatable bonds is 4. The van der Waals surface area contributed by atoms with Crippen LogP contribution in [-0.2, 0) is 13.0 Å². The van der Waals surface area contributed by atoms with Crippen LogP contribution in [0.15, 0.2) is 82.0 Å². The van der Waals surface area contributed by atoms with Crippen LogP contribution in [0.4, 0.5) is 0 Å². The molecule has 1 aliphatic heterocycles. The van der Waals surface area contributed by atoms with E-state index in [4.69, 9.17) is 16.0 Å². The summed E-state index contributed by atoms with van der Waals surface area (Å²) in [6.45, 7) is 2.44. The number of para-hydroxylation sites is 1. The molecule has 154 valence electrons. The minimum Gasteiger partial charge on any atom is -0.450 e. The molecule has 0 radical (unpaired) electrons. The second-order valence-electron chi connectivity index (χ2n) is 7.73. The topological polar surface area (TPSA) is 50.5 Å². The number of carbonyl (C=O) groups excluding carboxylic acids is 1. The van der Waals surface area contributed by atoms with Crippen molar-refractivity contribution < 1.29 is 9.21 Å². The number of carbonyl (C=O) groups is 1. The molecule has 0 N–H and O–H groups in total. The maximum absolute atomic E-state index is 13.5. The number of halogens is 1. The summed E-state index contributed by atoms with van der Waals surface area (Å²) < 4.78 is 5.97. The van der Waals surface area contributed by atoms with Gasteiger partial charge in [-0.15, -0.1) is 0 Å². The van der Waals surface area contributed by atoms with Gasteiger partial charge in [0.1, 0.15) is 5.58 Å². The Morgan fingerprint density at radius 3 is 2.29 bits per heavy atom. The minimum absolute atomic E-state index is 0.127. The molecular weight excluding hydrogens is 410 g/mol. The first kappa shape index (κ1) is 19.6. The molecule has 0 fully saturated rings. The van der Waals surface area contributed by atoms with Gasteiger partial charge in [-0.05, 0) is 47.4 Å². The van der Waals surface area contributed by atoms with Gasteiger partial charge >= 0.3 is 0 Å². The van der Waals surface area contributed by atoms with Crippen molar-refractivity contribution in [2.24, 2.45) is 0 Å². The minimum atomic E-state index is -0.509. The van der Waals surface area contributed by atoms with Crippen molar-refractivity contribution in [3.05, 3.63) is 116 Å². The Morgan fingerprint density at radius 2 is 1.58 bits per heavy atom. The van der Waals surface area contributed by atoms with Gasteiger partial charge in [-0.1, -0.05) is 67.1 Å². The number of aryl methyl sites for hydroxylation is 1. The Labute approximate surface area is 184 Å². The van der Waals surface area contributed by atoms with Crippen molar-refractivity contribution >= 4 is 28.5 Å². The van der Waals surface area contributed by atoms with Gasteiger partial charge in [0, 0.05) is 11.6 Å². The lowest BCUT2D eigenvalue weighted by Gasteiger charge is -2.25. The lowest BCUT2D eigenvalue weighted by molar-refractivity contribution is 0.0714. The van der Waals surface area contributed by atoms with E-state index in [0.717, 1.165) is 17.5 Å². The Hall–Kier alpha value is -3.37. The molecule has 0 spiro atoms. The molecule has 5 rings (SSSR count). The summed E-state index contributed by atoms with van der Waals surface area (Å²) in [7, 11) is 0. The van der Waals surface area contributed by atoms with E-state index < -0.39 is 6.04 Å². The predicted molar refractivity (Wildman–Crippen MR) is 121 cm³/mol. The van der Waals surface area contributed by atoms with Gasteiger partial charge in [-0.2, -0.15) is 0 Å². The Morgan fingerprint density at radius 1 is 0.903 bits per heavy atom. The van der Waals surface area contributed by atoms with Crippen molar-refractivity contribution in [1.82, 2.24) is 4.90 Å². The first-order valence-electron chi connectivity index (χ1n) is 10.3. The van der Waals surface area contributed by atoms with Gasteiger partial charge in [-0.25, -0.2) is 0 Å². The summed E-state index contributed by atoms with van der Waals surface area (Å²) in [4.78, 5) is 28.6. The smallest absolute Gasteiger partial charge is 0.291 e. The average molecular weight is 430 g/mol. The monoisotopic (exact) mass is 429 g/mol. The maximum Gasteiger partial charge on any atom is 0.291 e. The molecular formula is C26H20ClNO3. The molecule has 2 heterocycles. The normalized spacial score (nSPS) is 15.5. The zero-order valence-electron chi connectivity index (χ0n) is 17.0. The number of hydrogen-bond donors (Lipinski definition) is 0. The van der Waals surface area contributed by atoms with Crippen LogP contribution in [0, 0.1) is 0 Å². The van der Waals surface area contributed by atoms with Crippen LogP contribution in [0.5, 0.6) is 0 Å². The number of benzene rings is 3. The molecule has 1 unspecified atom stereocenters. The highest BCUT2D eigenvalue weighted by Gasteiger charge is 2.42. The molecule has 3 aromatic carbocycles. The third-order valence-corrected chi connectivity index (χ3v) is 6.10. The molecule has 0 saturated heterocycles. The molecule has 5 heteroatoms. The van der Waals surface area contributed by atoms with Gasteiger partial charge in [0.25, 0.3) is 5.91 Å². The maximum atomic E-state index is 13.5. The zero-order valence-corrected chi connectivity index (χ0v) is 17.7. The van der Waals surface area contributed by atoms with E-state index in [9.17, 15) is 9.59 Å². The molecule has 1 atom stereocenters. The summed E-state index contributed by atoms with van der Waals surface area (Å²) in [5.74, 6) is -0.153. The van der Waals surface area contributed by atoms with E-state index in [0.29, 0.717) is 28.1 Å². The van der Waals surface area contributed by atoms with Crippen LogP contribution in [0.1, 0.15) is 45.8 Å². The van der Waals surface area contributed by atoms with Crippen molar-refractivity contribution in [1.29, 1.82) is 0 Å². The highest BCUT2D eigenvalue weighted by molar-refractivity contribution is 6.30. The molecule has 0 bridgehead atoms. The fourth-order valence-corrected chi connectivity index (χ4v) is 4.32. The third-order valence-electron chi connectivity index (χ3n) is 5.84. The molecule has 1 aliphatic rings. The standard InChI is InChI=1S/C26H20ClNO3/c1-2-16-7-11-18(12-8-16)23-22-24(29)20-5-3-4-6-21(20)31-25(22)26(30)28(23)15-17-9-13-19(27)14-10-17/h3-14,23H,2,15H2,1H3. The van der Waals surface area contributed by atoms with E-state index in [1.54, 1.807) is 41.3 Å². The number of nitrogens with zero attached hydrogens (tertiary/aromatic N) is 1. The molecule has 0 saturated carbocycles. The fourth-order valence-electron chi connectivity index (χ4n) is 4.20. The van der Waals surface area contributed by atoms with Gasteiger partial charge in [-0.3, -0.25) is 9.59 Å². The molecule has 1 amide bonds. The SMILES string of the molecule is CCc1ccc(C2c3c(oc4ccccc4c3=O)C(=O)N2Cc2ccc(Cl)cc2)cc1. The zero-order chi connectivity index (χ0) is 21.5. The lowest BCUT2D eigenvalue weighted by Crippen LogP contribution is -2.29. The Balaban J connectivity index is 1.69. The van der Waals surface area contributed by atoms with Crippen LogP contribution in [0.2, 0.25) is 5.02 Å². The van der Waals surface area contributed by atoms with E-state index in [2.05, 4.69) is 6.92 Å². The molecule has 0 aliphatic carbocycles. The van der Waals surface area contributed by atoms with Crippen LogP contribution in [0.3, 0.4) is 0 Å². The highest BCUT2D eigenvalue weighted by atomic mass is 35.5. The van der Waals surface area contributed by atoms with Crippen LogP contribution < -0.4 is 5.43 Å². The van der Waals surface area contributed by atoms with Crippen LogP contribution in [0.25, 0.3) is 11.0 Å². The molecule has 31 heavy (non-hydrogen) atoms. The summed E-state index contributed by atoms with van der Waals surface area (Å²) >= 11 is 6.03. The predicted octanol–water partition coefficient (Wildman–Crippen LogP) is 5.75. The van der Waals surface area contributed by atoms with Crippen molar-refractivity contribution in [2.45, 2.75) is 25.9 Å². The van der Waals surface area contributed by atoms with Gasteiger partial charge in [0.05, 0.1) is 17.0 Å². The molecule has 4 nitrogen and oxygen atoms in total. The Bertz CT molecular complexity index is 1340. The summed E-state index contributed by atoms with van der Waals surface area (Å²) in [5.41, 5.74) is 3.69. The molecule has 4 aromatic rings. The largest absolute Gasteiger partial charge is 0.450 e. The van der Waals surface area contributed by atoms with Gasteiger partial charge < -0.3 is 9.32 Å². The van der Waals surface area contributed by atoms with E-state index in [1.165, 1.54) is 5.56 Å². The summed E-state index contributed by atoms with van der Waals surface area (Å²) in [5, 5.41) is 1.12. The van der Waals surface area contributed by atoms with E-state index in [1.807, 2.05) is 36.4 Å². The number of hydrogen-bond acceptors (Lipinski definition) is 3. The summed E-state index contributed by atoms with van der Waals surface area (Å²) in [6.07, 6.45) is 0.918. The fraction of sp³-hybridized carbons (Fsp3) is 0.154. The van der Waals surface area contributed by atoms with Gasteiger partial charge in [0.2, 0.25) is 5.76 Å². The summed E-state index contributed by atoms with van der Waals surface area (Å²) in [6, 6.07) is 22.0. The van der Waals surface area contributed by atoms with Crippen LogP contribution >= 0.6 is 11.6 Å². The van der Waals surface area contributed by atoms with E-state index >= 15 is 0 Å². The van der Waals surface area contributed by atoms with Crippen molar-refractivity contribution in [3.8, 4) is 0 Å². The number of amides is 1. The third kappa shape index (κ3) is 3.33. The first-order valence-corrected chi connectivity index (χ1v) is 10.6. The average Bonchev–Trinajstić information content (AvgIpc) is 3.07. The lowest BCUT2D eigenvalue weighted by atomic mass is 9.97. The highest BCUT2D eigenvalue weighted by Crippen LogP contribution is 2.39. The van der Waals surface area contributed by atoms with Crippen molar-refractivity contribution in [2.75, 3.05) is 0 Å². The Kier molecular flexibility index (Phi) is 4.87. The second-order valence-corrected chi connectivity index (χ2v) is 8.16. The number of fused-ring (bicyclic) bond motifs is 2.